The molecule has 3 N–H and O–H groups in total. The Morgan fingerprint density at radius 1 is 1.44 bits per heavy atom. The highest BCUT2D eigenvalue weighted by molar-refractivity contribution is 7.05. The van der Waals surface area contributed by atoms with Crippen molar-refractivity contribution in [2.75, 3.05) is 0 Å². The maximum atomic E-state index is 5.65. The average Bonchev–Trinajstić information content (AvgIpc) is 2.86. The van der Waals surface area contributed by atoms with Crippen molar-refractivity contribution < 1.29 is 0 Å². The van der Waals surface area contributed by atoms with E-state index in [1.807, 2.05) is 18.2 Å². The molecule has 2 aromatic rings. The van der Waals surface area contributed by atoms with E-state index in [1.54, 1.807) is 6.20 Å². The Morgan fingerprint density at radius 2 is 2.33 bits per heavy atom. The first-order chi connectivity index (χ1) is 8.85. The minimum absolute atomic E-state index is 0.0291. The van der Waals surface area contributed by atoms with E-state index in [9.17, 15) is 0 Å². The van der Waals surface area contributed by atoms with E-state index in [4.69, 9.17) is 5.84 Å². The van der Waals surface area contributed by atoms with Crippen LogP contribution >= 0.6 is 11.5 Å². The molecule has 0 aliphatic carbocycles. The molecule has 0 bridgehead atoms. The molecule has 6 heteroatoms. The molecule has 0 saturated heterocycles. The third kappa shape index (κ3) is 3.10. The third-order valence-electron chi connectivity index (χ3n) is 2.73. The quantitative estimate of drug-likeness (QED) is 0.612. The first kappa shape index (κ1) is 13.1. The highest BCUT2D eigenvalue weighted by atomic mass is 32.1. The molecule has 96 valence electrons. The zero-order valence-corrected chi connectivity index (χ0v) is 11.2. The van der Waals surface area contributed by atoms with Gasteiger partial charge in [-0.15, -0.1) is 5.10 Å². The molecule has 2 aromatic heterocycles. The van der Waals surface area contributed by atoms with E-state index in [0.29, 0.717) is 0 Å². The van der Waals surface area contributed by atoms with Crippen molar-refractivity contribution in [1.29, 1.82) is 0 Å². The predicted octanol–water partition coefficient (Wildman–Crippen LogP) is 1.63. The van der Waals surface area contributed by atoms with Gasteiger partial charge in [-0.3, -0.25) is 16.3 Å². The van der Waals surface area contributed by atoms with Crippen molar-refractivity contribution in [3.63, 3.8) is 0 Å². The highest BCUT2D eigenvalue weighted by Crippen LogP contribution is 2.23. The summed E-state index contributed by atoms with van der Waals surface area (Å²) in [6, 6.07) is 5.92. The number of hydrogen-bond acceptors (Lipinski definition) is 6. The second-order valence-electron chi connectivity index (χ2n) is 4.08. The number of hydrogen-bond donors (Lipinski definition) is 2. The van der Waals surface area contributed by atoms with E-state index in [1.165, 1.54) is 11.5 Å². The predicted molar refractivity (Wildman–Crippen MR) is 71.9 cm³/mol. The molecule has 0 spiro atoms. The van der Waals surface area contributed by atoms with Crippen LogP contribution in [0.15, 0.2) is 24.4 Å². The van der Waals surface area contributed by atoms with Crippen molar-refractivity contribution >= 4 is 11.5 Å². The van der Waals surface area contributed by atoms with Crippen LogP contribution in [0.4, 0.5) is 0 Å². The largest absolute Gasteiger partial charge is 0.271 e. The molecule has 0 aliphatic heterocycles. The lowest BCUT2D eigenvalue weighted by atomic mass is 10.1. The fourth-order valence-electron chi connectivity index (χ4n) is 1.85. The number of aryl methyl sites for hydroxylation is 1. The van der Waals surface area contributed by atoms with Crippen LogP contribution in [0.2, 0.25) is 0 Å². The summed E-state index contributed by atoms with van der Waals surface area (Å²) in [7, 11) is 0. The van der Waals surface area contributed by atoms with E-state index in [-0.39, 0.29) is 6.04 Å². The number of nitrogens with zero attached hydrogens (tertiary/aromatic N) is 3. The van der Waals surface area contributed by atoms with Crippen molar-refractivity contribution in [2.24, 2.45) is 5.84 Å². The fourth-order valence-corrected chi connectivity index (χ4v) is 2.60. The Balaban J connectivity index is 2.15. The Hall–Kier alpha value is -1.37. The van der Waals surface area contributed by atoms with Crippen LogP contribution in [0.1, 0.15) is 35.7 Å². The van der Waals surface area contributed by atoms with Crippen LogP contribution in [-0.4, -0.2) is 14.6 Å². The molecular weight excluding hydrogens is 246 g/mol. The molecule has 0 aromatic carbocycles. The summed E-state index contributed by atoms with van der Waals surface area (Å²) in [5.41, 5.74) is 4.90. The Kier molecular flexibility index (Phi) is 4.74. The van der Waals surface area contributed by atoms with Crippen LogP contribution in [0, 0.1) is 0 Å². The van der Waals surface area contributed by atoms with Gasteiger partial charge in [-0.2, -0.15) is 0 Å². The first-order valence-electron chi connectivity index (χ1n) is 6.02. The number of hydrazine groups is 1. The van der Waals surface area contributed by atoms with Crippen LogP contribution in [0.5, 0.6) is 0 Å². The lowest BCUT2D eigenvalue weighted by Crippen LogP contribution is -2.29. The zero-order chi connectivity index (χ0) is 12.8. The second kappa shape index (κ2) is 6.53. The summed E-state index contributed by atoms with van der Waals surface area (Å²) in [6.45, 7) is 2.13. The van der Waals surface area contributed by atoms with Gasteiger partial charge in [0.2, 0.25) is 0 Å². The maximum absolute atomic E-state index is 5.65. The minimum atomic E-state index is 0.0291. The number of rotatable bonds is 6. The van der Waals surface area contributed by atoms with Gasteiger partial charge >= 0.3 is 0 Å². The molecule has 0 fully saturated rings. The topological polar surface area (TPSA) is 76.7 Å². The third-order valence-corrected chi connectivity index (χ3v) is 3.61. The summed E-state index contributed by atoms with van der Waals surface area (Å²) in [4.78, 5) is 5.44. The van der Waals surface area contributed by atoms with E-state index in [2.05, 4.69) is 26.9 Å². The Labute approximate surface area is 111 Å². The number of aromatic nitrogens is 3. The van der Waals surface area contributed by atoms with Gasteiger partial charge in [0.1, 0.15) is 0 Å². The smallest absolute Gasteiger partial charge is 0.0804 e. The Bertz CT molecular complexity index is 470. The highest BCUT2D eigenvalue weighted by Gasteiger charge is 2.18. The SMILES string of the molecule is CCCc1nnsc1C(Cc1ccccn1)NN. The first-order valence-corrected chi connectivity index (χ1v) is 6.79. The summed E-state index contributed by atoms with van der Waals surface area (Å²) in [6.07, 6.45) is 4.53. The molecule has 0 saturated carbocycles. The lowest BCUT2D eigenvalue weighted by molar-refractivity contribution is 0.548. The van der Waals surface area contributed by atoms with E-state index >= 15 is 0 Å². The van der Waals surface area contributed by atoms with Crippen LogP contribution in [-0.2, 0) is 12.8 Å². The van der Waals surface area contributed by atoms with Crippen LogP contribution in [0.3, 0.4) is 0 Å². The summed E-state index contributed by atoms with van der Waals surface area (Å²) >= 11 is 1.41. The van der Waals surface area contributed by atoms with Gasteiger partial charge in [0.15, 0.2) is 0 Å². The number of pyridine rings is 1. The van der Waals surface area contributed by atoms with Gasteiger partial charge in [-0.1, -0.05) is 23.9 Å². The summed E-state index contributed by atoms with van der Waals surface area (Å²) in [5.74, 6) is 5.65. The molecule has 2 heterocycles. The average molecular weight is 263 g/mol. The molecule has 18 heavy (non-hydrogen) atoms. The standard InChI is InChI=1S/C12H17N5S/c1-2-5-10-12(18-17-16-10)11(15-13)8-9-6-3-4-7-14-9/h3-4,6-7,11,15H,2,5,8,13H2,1H3. The van der Waals surface area contributed by atoms with Crippen LogP contribution < -0.4 is 11.3 Å². The van der Waals surface area contributed by atoms with Gasteiger partial charge in [-0.05, 0) is 30.1 Å². The molecule has 0 amide bonds. The maximum Gasteiger partial charge on any atom is 0.0804 e. The number of nitrogens with one attached hydrogen (secondary N) is 1. The van der Waals surface area contributed by atoms with Crippen molar-refractivity contribution in [3.05, 3.63) is 40.7 Å². The van der Waals surface area contributed by atoms with Gasteiger partial charge in [-0.25, -0.2) is 0 Å². The fraction of sp³-hybridized carbons (Fsp3) is 0.417. The normalized spacial score (nSPS) is 12.6. The second-order valence-corrected chi connectivity index (χ2v) is 4.86. The van der Waals surface area contributed by atoms with Gasteiger partial charge in [0.05, 0.1) is 16.6 Å². The molecule has 1 unspecified atom stereocenters. The van der Waals surface area contributed by atoms with Crippen molar-refractivity contribution in [2.45, 2.75) is 32.2 Å². The molecule has 0 radical (unpaired) electrons. The minimum Gasteiger partial charge on any atom is -0.271 e. The monoisotopic (exact) mass is 263 g/mol. The number of nitrogens with two attached hydrogens (primary N) is 1. The van der Waals surface area contributed by atoms with Gasteiger partial charge in [0.25, 0.3) is 0 Å². The van der Waals surface area contributed by atoms with Crippen LogP contribution in [0.25, 0.3) is 0 Å². The van der Waals surface area contributed by atoms with E-state index < -0.39 is 0 Å². The molecular formula is C12H17N5S. The Morgan fingerprint density at radius 3 is 3.00 bits per heavy atom. The molecule has 5 nitrogen and oxygen atoms in total. The van der Waals surface area contributed by atoms with Crippen molar-refractivity contribution in [3.8, 4) is 0 Å². The summed E-state index contributed by atoms with van der Waals surface area (Å²) < 4.78 is 4.03. The van der Waals surface area contributed by atoms with Crippen molar-refractivity contribution in [1.82, 2.24) is 20.0 Å². The molecule has 2 rings (SSSR count). The van der Waals surface area contributed by atoms with E-state index in [0.717, 1.165) is 35.5 Å². The lowest BCUT2D eigenvalue weighted by Gasteiger charge is -2.14. The zero-order valence-electron chi connectivity index (χ0n) is 10.3. The molecule has 0 aliphatic rings. The van der Waals surface area contributed by atoms with Gasteiger partial charge in [0, 0.05) is 18.3 Å². The van der Waals surface area contributed by atoms with Gasteiger partial charge < -0.3 is 0 Å². The molecule has 1 atom stereocenters. The summed E-state index contributed by atoms with van der Waals surface area (Å²) in [5, 5.41) is 4.17.